The lowest BCUT2D eigenvalue weighted by Gasteiger charge is -2.18. The quantitative estimate of drug-likeness (QED) is 0.742. The Morgan fingerprint density at radius 2 is 1.87 bits per heavy atom. The number of carbonyl (C=O) groups is 2. The van der Waals surface area contributed by atoms with Gasteiger partial charge in [0.05, 0.1) is 15.3 Å². The van der Waals surface area contributed by atoms with E-state index in [2.05, 4.69) is 5.32 Å². The lowest BCUT2D eigenvalue weighted by Crippen LogP contribution is -2.30. The minimum Gasteiger partial charge on any atom is -0.349 e. The molecule has 3 rings (SSSR count). The zero-order chi connectivity index (χ0) is 16.2. The van der Waals surface area contributed by atoms with Crippen LogP contribution in [0.15, 0.2) is 42.5 Å². The van der Waals surface area contributed by atoms with Gasteiger partial charge in [0.1, 0.15) is 0 Å². The number of ketones is 1. The molecular formula is C18H18ClNO2S. The molecule has 5 heteroatoms. The lowest BCUT2D eigenvalue weighted by molar-refractivity contribution is -0.122. The van der Waals surface area contributed by atoms with Crippen molar-refractivity contribution in [1.82, 2.24) is 5.32 Å². The van der Waals surface area contributed by atoms with Crippen LogP contribution in [0.1, 0.15) is 47.0 Å². The monoisotopic (exact) mass is 347 g/mol. The van der Waals surface area contributed by atoms with Crippen LogP contribution < -0.4 is 5.32 Å². The van der Waals surface area contributed by atoms with Gasteiger partial charge in [0.15, 0.2) is 5.78 Å². The number of hydrogen-bond donors (Lipinski definition) is 1. The summed E-state index contributed by atoms with van der Waals surface area (Å²) in [6, 6.07) is 13.5. The number of nitrogens with one attached hydrogen (secondary N) is 1. The van der Waals surface area contributed by atoms with Crippen molar-refractivity contribution in [3.8, 4) is 0 Å². The van der Waals surface area contributed by atoms with Gasteiger partial charge >= 0.3 is 0 Å². The predicted molar refractivity (Wildman–Crippen MR) is 92.9 cm³/mol. The van der Waals surface area contributed by atoms with E-state index >= 15 is 0 Å². The molecule has 0 radical (unpaired) electrons. The van der Waals surface area contributed by atoms with Gasteiger partial charge in [-0.05, 0) is 36.5 Å². The zero-order valence-corrected chi connectivity index (χ0v) is 14.2. The van der Waals surface area contributed by atoms with E-state index in [9.17, 15) is 9.59 Å². The molecule has 0 aliphatic heterocycles. The van der Waals surface area contributed by atoms with Crippen molar-refractivity contribution in [2.75, 3.05) is 0 Å². The number of carbonyl (C=O) groups excluding carboxylic acids is 2. The van der Waals surface area contributed by atoms with Gasteiger partial charge in [-0.2, -0.15) is 0 Å². The molecule has 1 unspecified atom stereocenters. The van der Waals surface area contributed by atoms with E-state index in [1.54, 1.807) is 12.1 Å². The van der Waals surface area contributed by atoms with Crippen LogP contribution in [-0.2, 0) is 4.79 Å². The van der Waals surface area contributed by atoms with E-state index in [1.807, 2.05) is 30.3 Å². The Morgan fingerprint density at radius 3 is 2.48 bits per heavy atom. The average molecular weight is 348 g/mol. The van der Waals surface area contributed by atoms with Gasteiger partial charge < -0.3 is 5.32 Å². The normalized spacial score (nSPS) is 15.2. The first kappa shape index (κ1) is 16.2. The molecule has 1 aromatic heterocycles. The molecule has 1 atom stereocenters. The highest BCUT2D eigenvalue weighted by Crippen LogP contribution is 2.41. The number of Topliss-reactive ketones (excluding diaryl/α,β-unsaturated/α-hetero) is 1. The van der Waals surface area contributed by atoms with Crippen LogP contribution in [0.25, 0.3) is 0 Å². The van der Waals surface area contributed by atoms with Crippen molar-refractivity contribution in [3.05, 3.63) is 57.2 Å². The fourth-order valence-corrected chi connectivity index (χ4v) is 3.63. The first-order valence-corrected chi connectivity index (χ1v) is 8.96. The van der Waals surface area contributed by atoms with Gasteiger partial charge in [-0.15, -0.1) is 11.3 Å². The molecule has 1 fully saturated rings. The van der Waals surface area contributed by atoms with Crippen molar-refractivity contribution >= 4 is 34.6 Å². The number of hydrogen-bond acceptors (Lipinski definition) is 3. The molecule has 23 heavy (non-hydrogen) atoms. The fraction of sp³-hybridized carbons (Fsp3) is 0.333. The smallest absolute Gasteiger partial charge is 0.220 e. The van der Waals surface area contributed by atoms with Gasteiger partial charge in [-0.1, -0.05) is 41.9 Å². The SMILES string of the molecule is O=C(CCC(=O)c1ccc(Cl)s1)NC(c1ccccc1)C1CC1. The highest BCUT2D eigenvalue weighted by Gasteiger charge is 2.33. The Bertz CT molecular complexity index is 694. The van der Waals surface area contributed by atoms with Crippen LogP contribution in [0.4, 0.5) is 0 Å². The van der Waals surface area contributed by atoms with Crippen LogP contribution in [0.5, 0.6) is 0 Å². The summed E-state index contributed by atoms with van der Waals surface area (Å²) in [5, 5.41) is 3.09. The lowest BCUT2D eigenvalue weighted by atomic mass is 10.0. The molecule has 1 heterocycles. The van der Waals surface area contributed by atoms with E-state index in [0.717, 1.165) is 18.4 Å². The maximum Gasteiger partial charge on any atom is 0.220 e. The van der Waals surface area contributed by atoms with Crippen LogP contribution in [0, 0.1) is 5.92 Å². The molecule has 0 saturated heterocycles. The average Bonchev–Trinajstić information content (AvgIpc) is 3.31. The molecular weight excluding hydrogens is 330 g/mol. The summed E-state index contributed by atoms with van der Waals surface area (Å²) in [6.45, 7) is 0. The third-order valence-corrected chi connectivity index (χ3v) is 5.27. The Morgan fingerprint density at radius 1 is 1.13 bits per heavy atom. The second-order valence-electron chi connectivity index (χ2n) is 5.82. The molecule has 0 bridgehead atoms. The summed E-state index contributed by atoms with van der Waals surface area (Å²) in [5.41, 5.74) is 1.14. The fourth-order valence-electron chi connectivity index (χ4n) is 2.62. The summed E-state index contributed by atoms with van der Waals surface area (Å²) in [6.07, 6.45) is 2.72. The van der Waals surface area contributed by atoms with Crippen molar-refractivity contribution in [2.45, 2.75) is 31.7 Å². The first-order chi connectivity index (χ1) is 11.1. The van der Waals surface area contributed by atoms with Gasteiger partial charge in [0.2, 0.25) is 5.91 Å². The second kappa shape index (κ2) is 7.28. The van der Waals surface area contributed by atoms with Crippen LogP contribution in [-0.4, -0.2) is 11.7 Å². The number of benzene rings is 1. The standard InChI is InChI=1S/C18H18ClNO2S/c19-16-10-9-15(23-16)14(21)8-11-17(22)20-18(13-6-7-13)12-4-2-1-3-5-12/h1-5,9-10,13,18H,6-8,11H2,(H,20,22). The number of halogens is 1. The maximum atomic E-state index is 12.2. The topological polar surface area (TPSA) is 46.2 Å². The molecule has 1 N–H and O–H groups in total. The molecule has 1 amide bonds. The highest BCUT2D eigenvalue weighted by molar-refractivity contribution is 7.18. The van der Waals surface area contributed by atoms with E-state index in [4.69, 9.17) is 11.6 Å². The van der Waals surface area contributed by atoms with E-state index in [-0.39, 0.29) is 30.6 Å². The summed E-state index contributed by atoms with van der Waals surface area (Å²) in [5.74, 6) is 0.426. The summed E-state index contributed by atoms with van der Waals surface area (Å²) < 4.78 is 0.593. The third kappa shape index (κ3) is 4.43. The van der Waals surface area contributed by atoms with Crippen molar-refractivity contribution in [2.24, 2.45) is 5.92 Å². The first-order valence-electron chi connectivity index (χ1n) is 7.76. The van der Waals surface area contributed by atoms with Gasteiger partial charge in [-0.3, -0.25) is 9.59 Å². The van der Waals surface area contributed by atoms with E-state index in [1.165, 1.54) is 11.3 Å². The Hall–Kier alpha value is -1.65. The molecule has 1 aliphatic carbocycles. The number of amides is 1. The van der Waals surface area contributed by atoms with Crippen LogP contribution >= 0.6 is 22.9 Å². The number of thiophene rings is 1. The van der Waals surface area contributed by atoms with Crippen molar-refractivity contribution in [3.63, 3.8) is 0 Å². The maximum absolute atomic E-state index is 12.2. The third-order valence-electron chi connectivity index (χ3n) is 4.00. The largest absolute Gasteiger partial charge is 0.349 e. The minimum atomic E-state index is -0.0678. The highest BCUT2D eigenvalue weighted by atomic mass is 35.5. The van der Waals surface area contributed by atoms with Crippen molar-refractivity contribution in [1.29, 1.82) is 0 Å². The Balaban J connectivity index is 1.54. The molecule has 3 nitrogen and oxygen atoms in total. The van der Waals surface area contributed by atoms with Gasteiger partial charge in [-0.25, -0.2) is 0 Å². The predicted octanol–water partition coefficient (Wildman–Crippen LogP) is 4.63. The Labute approximate surface area is 144 Å². The van der Waals surface area contributed by atoms with Crippen LogP contribution in [0.2, 0.25) is 4.34 Å². The number of rotatable bonds is 7. The van der Waals surface area contributed by atoms with Gasteiger partial charge in [0, 0.05) is 12.8 Å². The van der Waals surface area contributed by atoms with Crippen molar-refractivity contribution < 1.29 is 9.59 Å². The zero-order valence-electron chi connectivity index (χ0n) is 12.6. The molecule has 2 aromatic rings. The van der Waals surface area contributed by atoms with Gasteiger partial charge in [0.25, 0.3) is 0 Å². The summed E-state index contributed by atoms with van der Waals surface area (Å²) >= 11 is 7.09. The molecule has 1 aromatic carbocycles. The molecule has 0 spiro atoms. The van der Waals surface area contributed by atoms with E-state index in [0.29, 0.717) is 15.1 Å². The summed E-state index contributed by atoms with van der Waals surface area (Å²) in [4.78, 5) is 24.9. The summed E-state index contributed by atoms with van der Waals surface area (Å²) in [7, 11) is 0. The molecule has 1 saturated carbocycles. The Kier molecular flexibility index (Phi) is 5.13. The molecule has 1 aliphatic rings. The second-order valence-corrected chi connectivity index (χ2v) is 7.54. The minimum absolute atomic E-state index is 0.0280. The van der Waals surface area contributed by atoms with E-state index < -0.39 is 0 Å². The van der Waals surface area contributed by atoms with Crippen LogP contribution in [0.3, 0.4) is 0 Å². The molecule has 120 valence electrons.